The van der Waals surface area contributed by atoms with Gasteiger partial charge in [-0.1, -0.05) is 52.4 Å². The molecule has 32 heavy (non-hydrogen) atoms. The van der Waals surface area contributed by atoms with Crippen molar-refractivity contribution in [2.45, 2.75) is 65.2 Å². The minimum atomic E-state index is -0.367. The number of benzene rings is 1. The molecule has 0 aromatic heterocycles. The van der Waals surface area contributed by atoms with Gasteiger partial charge in [0.15, 0.2) is 0 Å². The lowest BCUT2D eigenvalue weighted by Crippen LogP contribution is -2.25. The van der Waals surface area contributed by atoms with Crippen molar-refractivity contribution in [3.8, 4) is 0 Å². The number of hydrogen-bond donors (Lipinski definition) is 0. The predicted octanol–water partition coefficient (Wildman–Crippen LogP) is 5.02. The van der Waals surface area contributed by atoms with Crippen molar-refractivity contribution in [3.63, 3.8) is 0 Å². The maximum Gasteiger partial charge on any atom is 0.338 e. The van der Waals surface area contributed by atoms with E-state index in [4.69, 9.17) is 9.47 Å². The minimum absolute atomic E-state index is 0.360. The van der Waals surface area contributed by atoms with Gasteiger partial charge < -0.3 is 19.3 Å². The van der Waals surface area contributed by atoms with Crippen molar-refractivity contribution in [1.82, 2.24) is 9.80 Å². The SMILES string of the molecule is CCCCCCN(C)CCOC(=O)c1ccc(C(=O)OCCN(C)CCCCCC)cc1. The molecule has 0 saturated carbocycles. The summed E-state index contributed by atoms with van der Waals surface area (Å²) in [4.78, 5) is 28.8. The Kier molecular flexibility index (Phi) is 15.5. The summed E-state index contributed by atoms with van der Waals surface area (Å²) in [5.41, 5.74) is 0.887. The van der Waals surface area contributed by atoms with Gasteiger partial charge in [0.2, 0.25) is 0 Å². The second kappa shape index (κ2) is 17.6. The largest absolute Gasteiger partial charge is 0.461 e. The van der Waals surface area contributed by atoms with Crippen LogP contribution in [0.1, 0.15) is 85.9 Å². The van der Waals surface area contributed by atoms with Gasteiger partial charge in [0, 0.05) is 13.1 Å². The molecular weight excluding hydrogens is 404 g/mol. The fraction of sp³-hybridized carbons (Fsp3) is 0.692. The maximum atomic E-state index is 12.2. The summed E-state index contributed by atoms with van der Waals surface area (Å²) in [6.45, 7) is 8.59. The molecule has 0 spiro atoms. The van der Waals surface area contributed by atoms with Crippen molar-refractivity contribution in [2.75, 3.05) is 53.5 Å². The lowest BCUT2D eigenvalue weighted by atomic mass is 10.1. The highest BCUT2D eigenvalue weighted by Crippen LogP contribution is 2.08. The summed E-state index contributed by atoms with van der Waals surface area (Å²) in [5, 5.41) is 0. The molecule has 0 N–H and O–H groups in total. The number of nitrogens with zero attached hydrogens (tertiary/aromatic N) is 2. The molecule has 0 aliphatic heterocycles. The Labute approximate surface area is 195 Å². The number of esters is 2. The molecule has 0 amide bonds. The topological polar surface area (TPSA) is 59.1 Å². The maximum absolute atomic E-state index is 12.2. The normalized spacial score (nSPS) is 11.2. The number of ether oxygens (including phenoxy) is 2. The van der Waals surface area contributed by atoms with Crippen molar-refractivity contribution in [2.24, 2.45) is 0 Å². The Morgan fingerprint density at radius 3 is 1.34 bits per heavy atom. The first-order valence-corrected chi connectivity index (χ1v) is 12.3. The van der Waals surface area contributed by atoms with E-state index in [1.807, 2.05) is 14.1 Å². The highest BCUT2D eigenvalue weighted by molar-refractivity contribution is 5.93. The Morgan fingerprint density at radius 1 is 0.625 bits per heavy atom. The summed E-state index contributed by atoms with van der Waals surface area (Å²) in [6.07, 6.45) is 9.82. The van der Waals surface area contributed by atoms with Crippen LogP contribution in [0.3, 0.4) is 0 Å². The van der Waals surface area contributed by atoms with Crippen molar-refractivity contribution >= 4 is 11.9 Å². The number of likely N-dealkylation sites (N-methyl/N-ethyl adjacent to an activating group) is 2. The zero-order valence-electron chi connectivity index (χ0n) is 20.7. The molecule has 0 atom stereocenters. The Balaban J connectivity index is 2.26. The Morgan fingerprint density at radius 2 is 1.00 bits per heavy atom. The molecule has 0 heterocycles. The fourth-order valence-corrected chi connectivity index (χ4v) is 3.34. The number of rotatable bonds is 18. The molecule has 1 rings (SSSR count). The van der Waals surface area contributed by atoms with E-state index in [-0.39, 0.29) is 11.9 Å². The molecule has 0 radical (unpaired) electrons. The zero-order chi connectivity index (χ0) is 23.6. The first-order valence-electron chi connectivity index (χ1n) is 12.3. The Hall–Kier alpha value is -1.92. The zero-order valence-corrected chi connectivity index (χ0v) is 20.7. The van der Waals surface area contributed by atoms with E-state index in [1.165, 1.54) is 51.4 Å². The second-order valence-electron chi connectivity index (χ2n) is 8.58. The molecule has 0 bridgehead atoms. The van der Waals surface area contributed by atoms with E-state index in [0.717, 1.165) is 26.2 Å². The third kappa shape index (κ3) is 12.8. The third-order valence-electron chi connectivity index (χ3n) is 5.56. The molecule has 0 saturated heterocycles. The van der Waals surface area contributed by atoms with Gasteiger partial charge >= 0.3 is 11.9 Å². The van der Waals surface area contributed by atoms with E-state index in [0.29, 0.717) is 24.3 Å². The lowest BCUT2D eigenvalue weighted by Gasteiger charge is -2.16. The van der Waals surface area contributed by atoms with E-state index in [1.54, 1.807) is 24.3 Å². The van der Waals surface area contributed by atoms with Crippen LogP contribution in [0.2, 0.25) is 0 Å². The van der Waals surface area contributed by atoms with Crippen LogP contribution in [0.4, 0.5) is 0 Å². The van der Waals surface area contributed by atoms with E-state index >= 15 is 0 Å². The molecule has 0 aliphatic carbocycles. The monoisotopic (exact) mass is 448 g/mol. The first-order chi connectivity index (χ1) is 15.5. The van der Waals surface area contributed by atoms with Crippen LogP contribution in [0.25, 0.3) is 0 Å². The van der Waals surface area contributed by atoms with Crippen LogP contribution in [0.15, 0.2) is 24.3 Å². The molecule has 0 aliphatic rings. The molecule has 6 nitrogen and oxygen atoms in total. The predicted molar refractivity (Wildman–Crippen MR) is 130 cm³/mol. The van der Waals surface area contributed by atoms with Crippen LogP contribution < -0.4 is 0 Å². The molecule has 182 valence electrons. The highest BCUT2D eigenvalue weighted by Gasteiger charge is 2.12. The number of unbranched alkanes of at least 4 members (excludes halogenated alkanes) is 6. The van der Waals surface area contributed by atoms with Crippen molar-refractivity contribution in [1.29, 1.82) is 0 Å². The van der Waals surface area contributed by atoms with Gasteiger partial charge in [0.25, 0.3) is 0 Å². The van der Waals surface area contributed by atoms with Crippen LogP contribution >= 0.6 is 0 Å². The van der Waals surface area contributed by atoms with Gasteiger partial charge in [0.05, 0.1) is 11.1 Å². The third-order valence-corrected chi connectivity index (χ3v) is 5.56. The van der Waals surface area contributed by atoms with Gasteiger partial charge in [-0.05, 0) is 64.3 Å². The first kappa shape index (κ1) is 28.1. The van der Waals surface area contributed by atoms with Crippen molar-refractivity contribution in [3.05, 3.63) is 35.4 Å². The standard InChI is InChI=1S/C26H44N2O4/c1-5-7-9-11-17-27(3)19-21-31-25(29)23-13-15-24(16-14-23)26(30)32-22-20-28(4)18-12-10-8-6-2/h13-16H,5-12,17-22H2,1-4H3. The van der Waals surface area contributed by atoms with Gasteiger partial charge in [-0.15, -0.1) is 0 Å². The Bertz CT molecular complexity index is 578. The van der Waals surface area contributed by atoms with Crippen LogP contribution in [-0.2, 0) is 9.47 Å². The molecule has 6 heteroatoms. The fourth-order valence-electron chi connectivity index (χ4n) is 3.34. The number of hydrogen-bond acceptors (Lipinski definition) is 6. The molecule has 1 aromatic rings. The number of carbonyl (C=O) groups is 2. The van der Waals surface area contributed by atoms with Crippen LogP contribution in [-0.4, -0.2) is 75.2 Å². The lowest BCUT2D eigenvalue weighted by molar-refractivity contribution is 0.0458. The van der Waals surface area contributed by atoms with E-state index < -0.39 is 0 Å². The van der Waals surface area contributed by atoms with Gasteiger partial charge in [-0.3, -0.25) is 0 Å². The molecule has 0 unspecified atom stereocenters. The summed E-state index contributed by atoms with van der Waals surface area (Å²) >= 11 is 0. The van der Waals surface area contributed by atoms with E-state index in [9.17, 15) is 9.59 Å². The van der Waals surface area contributed by atoms with Crippen molar-refractivity contribution < 1.29 is 19.1 Å². The van der Waals surface area contributed by atoms with Crippen LogP contribution in [0.5, 0.6) is 0 Å². The van der Waals surface area contributed by atoms with Gasteiger partial charge in [-0.25, -0.2) is 9.59 Å². The summed E-state index contributed by atoms with van der Waals surface area (Å²) in [5.74, 6) is -0.733. The summed E-state index contributed by atoms with van der Waals surface area (Å²) in [7, 11) is 4.09. The van der Waals surface area contributed by atoms with Gasteiger partial charge in [-0.2, -0.15) is 0 Å². The van der Waals surface area contributed by atoms with Crippen LogP contribution in [0, 0.1) is 0 Å². The number of carbonyl (C=O) groups excluding carboxylic acids is 2. The van der Waals surface area contributed by atoms with Gasteiger partial charge in [0.1, 0.15) is 13.2 Å². The second-order valence-corrected chi connectivity index (χ2v) is 8.58. The average Bonchev–Trinajstić information content (AvgIpc) is 2.79. The highest BCUT2D eigenvalue weighted by atomic mass is 16.5. The smallest absolute Gasteiger partial charge is 0.338 e. The quantitative estimate of drug-likeness (QED) is 0.232. The summed E-state index contributed by atoms with van der Waals surface area (Å²) in [6, 6.07) is 6.47. The average molecular weight is 449 g/mol. The summed E-state index contributed by atoms with van der Waals surface area (Å²) < 4.78 is 10.7. The minimum Gasteiger partial charge on any atom is -0.461 e. The molecular formula is C26H44N2O4. The van der Waals surface area contributed by atoms with E-state index in [2.05, 4.69) is 23.6 Å². The molecule has 1 aromatic carbocycles. The molecule has 0 fully saturated rings.